The molecular formula is C20H16O4. The summed E-state index contributed by atoms with van der Waals surface area (Å²) in [7, 11) is 1.57. The Kier molecular flexibility index (Phi) is 4.20. The van der Waals surface area contributed by atoms with Crippen LogP contribution >= 0.6 is 0 Å². The van der Waals surface area contributed by atoms with E-state index in [-0.39, 0.29) is 17.3 Å². The minimum absolute atomic E-state index is 0.111. The van der Waals surface area contributed by atoms with Crippen molar-refractivity contribution in [2.24, 2.45) is 0 Å². The average molecular weight is 320 g/mol. The highest BCUT2D eigenvalue weighted by Gasteiger charge is 2.16. The Bertz CT molecular complexity index is 865. The first-order valence-corrected chi connectivity index (χ1v) is 7.39. The van der Waals surface area contributed by atoms with Crippen LogP contribution in [0.4, 0.5) is 0 Å². The van der Waals surface area contributed by atoms with E-state index in [1.807, 2.05) is 0 Å². The Morgan fingerprint density at radius 2 is 1.42 bits per heavy atom. The second-order valence-corrected chi connectivity index (χ2v) is 5.33. The van der Waals surface area contributed by atoms with Gasteiger partial charge in [-0.3, -0.25) is 4.79 Å². The zero-order valence-electron chi connectivity index (χ0n) is 13.1. The van der Waals surface area contributed by atoms with Crippen LogP contribution < -0.4 is 4.74 Å². The number of hydrogen-bond donors (Lipinski definition) is 2. The van der Waals surface area contributed by atoms with Crippen LogP contribution in [-0.4, -0.2) is 23.1 Å². The maximum atomic E-state index is 12.8. The molecule has 0 fully saturated rings. The van der Waals surface area contributed by atoms with E-state index in [9.17, 15) is 15.0 Å². The lowest BCUT2D eigenvalue weighted by Crippen LogP contribution is -2.03. The van der Waals surface area contributed by atoms with E-state index in [1.54, 1.807) is 61.7 Å². The van der Waals surface area contributed by atoms with Crippen LogP contribution in [0.2, 0.25) is 0 Å². The SMILES string of the molecule is COc1ccc(C(=O)c2ccc(O)cc2)c(-c2ccc(O)cc2)c1. The van der Waals surface area contributed by atoms with Crippen LogP contribution in [-0.2, 0) is 0 Å². The molecule has 0 aromatic heterocycles. The van der Waals surface area contributed by atoms with E-state index in [4.69, 9.17) is 4.74 Å². The molecule has 0 spiro atoms. The van der Waals surface area contributed by atoms with E-state index in [0.29, 0.717) is 22.4 Å². The smallest absolute Gasteiger partial charge is 0.193 e. The molecule has 0 saturated carbocycles. The number of rotatable bonds is 4. The highest BCUT2D eigenvalue weighted by Crippen LogP contribution is 2.31. The van der Waals surface area contributed by atoms with Crippen LogP contribution in [0.25, 0.3) is 11.1 Å². The van der Waals surface area contributed by atoms with Crippen LogP contribution in [0.5, 0.6) is 17.2 Å². The summed E-state index contributed by atoms with van der Waals surface area (Å²) in [6, 6.07) is 18.0. The molecule has 3 rings (SSSR count). The Labute approximate surface area is 139 Å². The summed E-state index contributed by atoms with van der Waals surface area (Å²) in [6.45, 7) is 0. The number of phenolic OH excluding ortho intramolecular Hbond substituents is 2. The predicted molar refractivity (Wildman–Crippen MR) is 91.6 cm³/mol. The predicted octanol–water partition coefficient (Wildman–Crippen LogP) is 4.00. The third kappa shape index (κ3) is 3.08. The first kappa shape index (κ1) is 15.6. The molecule has 120 valence electrons. The van der Waals surface area contributed by atoms with Crippen molar-refractivity contribution >= 4 is 5.78 Å². The Hall–Kier alpha value is -3.27. The monoisotopic (exact) mass is 320 g/mol. The van der Waals surface area contributed by atoms with Crippen molar-refractivity contribution in [2.45, 2.75) is 0 Å². The van der Waals surface area contributed by atoms with Gasteiger partial charge < -0.3 is 14.9 Å². The molecule has 0 unspecified atom stereocenters. The second-order valence-electron chi connectivity index (χ2n) is 5.33. The van der Waals surface area contributed by atoms with Crippen molar-refractivity contribution in [1.29, 1.82) is 0 Å². The number of hydrogen-bond acceptors (Lipinski definition) is 4. The molecule has 0 radical (unpaired) electrons. The fraction of sp³-hybridized carbons (Fsp3) is 0.0500. The molecule has 3 aromatic carbocycles. The highest BCUT2D eigenvalue weighted by atomic mass is 16.5. The molecule has 0 aliphatic heterocycles. The van der Waals surface area contributed by atoms with Gasteiger partial charge >= 0.3 is 0 Å². The summed E-state index contributed by atoms with van der Waals surface area (Å²) in [5, 5.41) is 18.9. The zero-order chi connectivity index (χ0) is 17.1. The zero-order valence-corrected chi connectivity index (χ0v) is 13.1. The third-order valence-corrected chi connectivity index (χ3v) is 3.78. The van der Waals surface area contributed by atoms with Crippen molar-refractivity contribution in [3.63, 3.8) is 0 Å². The summed E-state index contributed by atoms with van der Waals surface area (Å²) in [4.78, 5) is 12.8. The lowest BCUT2D eigenvalue weighted by atomic mass is 9.93. The molecular weight excluding hydrogens is 304 g/mol. The largest absolute Gasteiger partial charge is 0.508 e. The average Bonchev–Trinajstić information content (AvgIpc) is 2.62. The molecule has 0 heterocycles. The first-order valence-electron chi connectivity index (χ1n) is 7.39. The maximum Gasteiger partial charge on any atom is 0.193 e. The molecule has 4 nitrogen and oxygen atoms in total. The molecule has 0 saturated heterocycles. The number of aromatic hydroxyl groups is 2. The lowest BCUT2D eigenvalue weighted by molar-refractivity contribution is 0.103. The van der Waals surface area contributed by atoms with Gasteiger partial charge in [-0.2, -0.15) is 0 Å². The number of ether oxygens (including phenoxy) is 1. The van der Waals surface area contributed by atoms with E-state index >= 15 is 0 Å². The van der Waals surface area contributed by atoms with E-state index < -0.39 is 0 Å². The van der Waals surface area contributed by atoms with Gasteiger partial charge in [-0.15, -0.1) is 0 Å². The Morgan fingerprint density at radius 3 is 2.00 bits per heavy atom. The van der Waals surface area contributed by atoms with Gasteiger partial charge in [-0.25, -0.2) is 0 Å². The molecule has 2 N–H and O–H groups in total. The maximum absolute atomic E-state index is 12.8. The van der Waals surface area contributed by atoms with Gasteiger partial charge in [0.1, 0.15) is 17.2 Å². The van der Waals surface area contributed by atoms with Gasteiger partial charge in [-0.1, -0.05) is 12.1 Å². The fourth-order valence-electron chi connectivity index (χ4n) is 2.50. The van der Waals surface area contributed by atoms with Crippen molar-refractivity contribution in [1.82, 2.24) is 0 Å². The van der Waals surface area contributed by atoms with Crippen molar-refractivity contribution < 1.29 is 19.7 Å². The molecule has 0 bridgehead atoms. The van der Waals surface area contributed by atoms with Crippen molar-refractivity contribution in [3.05, 3.63) is 77.9 Å². The molecule has 0 amide bonds. The first-order chi connectivity index (χ1) is 11.6. The summed E-state index contributed by atoms with van der Waals surface area (Å²) < 4.78 is 5.26. The lowest BCUT2D eigenvalue weighted by Gasteiger charge is -2.11. The molecule has 0 atom stereocenters. The Morgan fingerprint density at radius 1 is 0.833 bits per heavy atom. The summed E-state index contributed by atoms with van der Waals surface area (Å²) in [5.74, 6) is 0.758. The Balaban J connectivity index is 2.11. The number of methoxy groups -OCH3 is 1. The molecule has 24 heavy (non-hydrogen) atoms. The van der Waals surface area contributed by atoms with Crippen molar-refractivity contribution in [3.8, 4) is 28.4 Å². The summed E-state index contributed by atoms with van der Waals surface area (Å²) >= 11 is 0. The number of carbonyl (C=O) groups excluding carboxylic acids is 1. The van der Waals surface area contributed by atoms with Crippen LogP contribution in [0.1, 0.15) is 15.9 Å². The standard InChI is InChI=1S/C20H16O4/c1-24-17-10-11-18(20(23)14-4-8-16(22)9-5-14)19(12-17)13-2-6-15(21)7-3-13/h2-12,21-22H,1H3. The highest BCUT2D eigenvalue weighted by molar-refractivity contribution is 6.13. The summed E-state index contributed by atoms with van der Waals surface area (Å²) in [6.07, 6.45) is 0. The van der Waals surface area contributed by atoms with Gasteiger partial charge in [0.15, 0.2) is 5.78 Å². The van der Waals surface area contributed by atoms with Gasteiger partial charge in [-0.05, 0) is 65.7 Å². The van der Waals surface area contributed by atoms with Gasteiger partial charge in [0.25, 0.3) is 0 Å². The van der Waals surface area contributed by atoms with Gasteiger partial charge in [0, 0.05) is 11.1 Å². The topological polar surface area (TPSA) is 66.8 Å². The molecule has 0 aliphatic rings. The molecule has 4 heteroatoms. The normalized spacial score (nSPS) is 10.4. The van der Waals surface area contributed by atoms with Gasteiger partial charge in [0.05, 0.1) is 7.11 Å². The van der Waals surface area contributed by atoms with E-state index in [0.717, 1.165) is 5.56 Å². The number of phenols is 2. The number of carbonyl (C=O) groups is 1. The van der Waals surface area contributed by atoms with Crippen molar-refractivity contribution in [2.75, 3.05) is 7.11 Å². The third-order valence-electron chi connectivity index (χ3n) is 3.78. The minimum atomic E-state index is -0.152. The van der Waals surface area contributed by atoms with E-state index in [2.05, 4.69) is 0 Å². The van der Waals surface area contributed by atoms with Crippen LogP contribution in [0.15, 0.2) is 66.7 Å². The number of ketones is 1. The fourth-order valence-corrected chi connectivity index (χ4v) is 2.50. The van der Waals surface area contributed by atoms with Crippen LogP contribution in [0.3, 0.4) is 0 Å². The second kappa shape index (κ2) is 6.46. The molecule has 3 aromatic rings. The number of benzene rings is 3. The quantitative estimate of drug-likeness (QED) is 0.713. The summed E-state index contributed by atoms with van der Waals surface area (Å²) in [5.41, 5.74) is 2.52. The van der Waals surface area contributed by atoms with E-state index in [1.165, 1.54) is 12.1 Å². The van der Waals surface area contributed by atoms with Gasteiger partial charge in [0.2, 0.25) is 0 Å². The molecule has 0 aliphatic carbocycles. The minimum Gasteiger partial charge on any atom is -0.508 e. The van der Waals surface area contributed by atoms with Crippen LogP contribution in [0, 0.1) is 0 Å².